The molecule has 0 atom stereocenters. The number of furan rings is 2. The summed E-state index contributed by atoms with van der Waals surface area (Å²) in [6, 6.07) is 15.3. The van der Waals surface area contributed by atoms with Crippen LogP contribution in [0.25, 0.3) is 33.5 Å². The van der Waals surface area contributed by atoms with Crippen molar-refractivity contribution in [3.63, 3.8) is 0 Å². The number of benzene rings is 2. The molecule has 0 amide bonds. The quantitative estimate of drug-likeness (QED) is 0.541. The van der Waals surface area contributed by atoms with Crippen LogP contribution >= 0.6 is 0 Å². The van der Waals surface area contributed by atoms with Crippen molar-refractivity contribution in [1.82, 2.24) is 0 Å². The zero-order valence-electron chi connectivity index (χ0n) is 12.3. The zero-order chi connectivity index (χ0) is 15.1. The average molecular weight is 294 g/mol. The summed E-state index contributed by atoms with van der Waals surface area (Å²) in [5.74, 6) is 2.99. The van der Waals surface area contributed by atoms with E-state index in [0.29, 0.717) is 11.5 Å². The topological polar surface area (TPSA) is 44.7 Å². The van der Waals surface area contributed by atoms with Crippen LogP contribution in [-0.4, -0.2) is 14.2 Å². The smallest absolute Gasteiger partial charge is 0.170 e. The van der Waals surface area contributed by atoms with E-state index in [1.807, 2.05) is 48.5 Å². The van der Waals surface area contributed by atoms with Crippen LogP contribution in [0.1, 0.15) is 0 Å². The van der Waals surface area contributed by atoms with E-state index >= 15 is 0 Å². The molecule has 0 N–H and O–H groups in total. The van der Waals surface area contributed by atoms with E-state index in [2.05, 4.69) is 0 Å². The first-order chi connectivity index (χ1) is 10.8. The summed E-state index contributed by atoms with van der Waals surface area (Å²) in [7, 11) is 3.30. The van der Waals surface area contributed by atoms with Gasteiger partial charge in [0.1, 0.15) is 22.7 Å². The van der Waals surface area contributed by atoms with Crippen LogP contribution in [0.15, 0.2) is 57.4 Å². The van der Waals surface area contributed by atoms with E-state index in [4.69, 9.17) is 18.3 Å². The fourth-order valence-corrected chi connectivity index (χ4v) is 2.54. The molecule has 0 aliphatic heterocycles. The molecule has 2 heterocycles. The molecule has 0 aliphatic rings. The summed E-state index contributed by atoms with van der Waals surface area (Å²) in [5, 5.41) is 1.96. The Kier molecular flexibility index (Phi) is 2.82. The van der Waals surface area contributed by atoms with Crippen LogP contribution in [0, 0.1) is 0 Å². The fourth-order valence-electron chi connectivity index (χ4n) is 2.54. The minimum atomic E-state index is 0.693. The number of hydrogen-bond acceptors (Lipinski definition) is 4. The third-order valence-corrected chi connectivity index (χ3v) is 3.69. The van der Waals surface area contributed by atoms with Crippen LogP contribution in [-0.2, 0) is 0 Å². The zero-order valence-corrected chi connectivity index (χ0v) is 12.3. The number of rotatable bonds is 3. The van der Waals surface area contributed by atoms with Crippen molar-refractivity contribution in [2.75, 3.05) is 14.2 Å². The Labute approximate surface area is 126 Å². The van der Waals surface area contributed by atoms with Crippen molar-refractivity contribution >= 4 is 21.9 Å². The maximum absolute atomic E-state index is 5.86. The number of ether oxygens (including phenoxy) is 2. The number of fused-ring (bicyclic) bond motifs is 2. The minimum absolute atomic E-state index is 0.693. The minimum Gasteiger partial charge on any atom is -0.497 e. The molecule has 2 aromatic heterocycles. The Hall–Kier alpha value is -2.88. The van der Waals surface area contributed by atoms with Crippen molar-refractivity contribution in [2.45, 2.75) is 0 Å². The van der Waals surface area contributed by atoms with E-state index in [9.17, 15) is 0 Å². The summed E-state index contributed by atoms with van der Waals surface area (Å²) in [6.07, 6.45) is 0. The molecule has 22 heavy (non-hydrogen) atoms. The first-order valence-corrected chi connectivity index (χ1v) is 6.92. The molecule has 2 aromatic carbocycles. The van der Waals surface area contributed by atoms with E-state index < -0.39 is 0 Å². The fraction of sp³-hybridized carbons (Fsp3) is 0.111. The Balaban J connectivity index is 1.83. The van der Waals surface area contributed by atoms with Gasteiger partial charge in [0.2, 0.25) is 0 Å². The monoisotopic (exact) mass is 294 g/mol. The lowest BCUT2D eigenvalue weighted by Crippen LogP contribution is -1.79. The Morgan fingerprint density at radius 2 is 1.09 bits per heavy atom. The van der Waals surface area contributed by atoms with Crippen molar-refractivity contribution in [1.29, 1.82) is 0 Å². The van der Waals surface area contributed by atoms with Gasteiger partial charge in [0.15, 0.2) is 11.5 Å². The first-order valence-electron chi connectivity index (χ1n) is 6.92. The second-order valence-electron chi connectivity index (χ2n) is 5.03. The largest absolute Gasteiger partial charge is 0.497 e. The molecule has 4 rings (SSSR count). The molecule has 0 saturated heterocycles. The van der Waals surface area contributed by atoms with Crippen LogP contribution in [0.4, 0.5) is 0 Å². The summed E-state index contributed by atoms with van der Waals surface area (Å²) < 4.78 is 22.2. The van der Waals surface area contributed by atoms with Gasteiger partial charge in [0.05, 0.1) is 14.2 Å². The van der Waals surface area contributed by atoms with E-state index in [1.165, 1.54) is 0 Å². The summed E-state index contributed by atoms with van der Waals surface area (Å²) in [4.78, 5) is 0. The summed E-state index contributed by atoms with van der Waals surface area (Å²) >= 11 is 0. The van der Waals surface area contributed by atoms with Gasteiger partial charge >= 0.3 is 0 Å². The first kappa shape index (κ1) is 12.8. The highest BCUT2D eigenvalue weighted by molar-refractivity contribution is 5.87. The molecule has 4 heteroatoms. The van der Waals surface area contributed by atoms with Gasteiger partial charge in [-0.15, -0.1) is 0 Å². The Morgan fingerprint density at radius 3 is 1.50 bits per heavy atom. The summed E-state index contributed by atoms with van der Waals surface area (Å²) in [6.45, 7) is 0. The molecular weight excluding hydrogens is 280 g/mol. The molecule has 0 bridgehead atoms. The Morgan fingerprint density at radius 1 is 0.636 bits per heavy atom. The molecule has 0 fully saturated rings. The van der Waals surface area contributed by atoms with Crippen molar-refractivity contribution in [3.05, 3.63) is 48.5 Å². The van der Waals surface area contributed by atoms with Gasteiger partial charge in [-0.2, -0.15) is 0 Å². The summed E-state index contributed by atoms with van der Waals surface area (Å²) in [5.41, 5.74) is 1.60. The van der Waals surface area contributed by atoms with Crippen molar-refractivity contribution in [3.8, 4) is 23.0 Å². The van der Waals surface area contributed by atoms with Crippen LogP contribution in [0.5, 0.6) is 11.5 Å². The normalized spacial score (nSPS) is 11.2. The molecule has 110 valence electrons. The molecule has 0 radical (unpaired) electrons. The molecule has 0 spiro atoms. The van der Waals surface area contributed by atoms with Gasteiger partial charge in [-0.1, -0.05) is 0 Å². The van der Waals surface area contributed by atoms with Gasteiger partial charge < -0.3 is 18.3 Å². The van der Waals surface area contributed by atoms with Crippen molar-refractivity contribution in [2.24, 2.45) is 0 Å². The lowest BCUT2D eigenvalue weighted by molar-refractivity contribution is 0.415. The highest BCUT2D eigenvalue weighted by atomic mass is 16.5. The number of hydrogen-bond donors (Lipinski definition) is 0. The SMILES string of the molecule is COc1ccc2oc(-c3cc4cc(OC)ccc4o3)cc2c1. The van der Waals surface area contributed by atoms with Gasteiger partial charge in [0, 0.05) is 10.8 Å². The van der Waals surface area contributed by atoms with Crippen LogP contribution in [0.2, 0.25) is 0 Å². The van der Waals surface area contributed by atoms with E-state index in [0.717, 1.165) is 33.4 Å². The lowest BCUT2D eigenvalue weighted by Gasteiger charge is -1.96. The molecule has 4 nitrogen and oxygen atoms in total. The highest BCUT2D eigenvalue weighted by Crippen LogP contribution is 2.34. The van der Waals surface area contributed by atoms with E-state index in [1.54, 1.807) is 14.2 Å². The third kappa shape index (κ3) is 2.00. The molecular formula is C18H14O4. The predicted molar refractivity (Wildman–Crippen MR) is 84.5 cm³/mol. The Bertz CT molecular complexity index is 882. The second-order valence-corrected chi connectivity index (χ2v) is 5.03. The highest BCUT2D eigenvalue weighted by Gasteiger charge is 2.12. The molecule has 0 aliphatic carbocycles. The third-order valence-electron chi connectivity index (χ3n) is 3.69. The maximum Gasteiger partial charge on any atom is 0.170 e. The van der Waals surface area contributed by atoms with Crippen LogP contribution in [0.3, 0.4) is 0 Å². The maximum atomic E-state index is 5.86. The van der Waals surface area contributed by atoms with E-state index in [-0.39, 0.29) is 0 Å². The van der Waals surface area contributed by atoms with Gasteiger partial charge in [-0.05, 0) is 48.5 Å². The van der Waals surface area contributed by atoms with Gasteiger partial charge in [0.25, 0.3) is 0 Å². The lowest BCUT2D eigenvalue weighted by atomic mass is 10.2. The number of methoxy groups -OCH3 is 2. The second kappa shape index (κ2) is 4.84. The van der Waals surface area contributed by atoms with Crippen LogP contribution < -0.4 is 9.47 Å². The molecule has 0 saturated carbocycles. The molecule has 0 unspecified atom stereocenters. The van der Waals surface area contributed by atoms with Gasteiger partial charge in [-0.3, -0.25) is 0 Å². The van der Waals surface area contributed by atoms with Crippen molar-refractivity contribution < 1.29 is 18.3 Å². The van der Waals surface area contributed by atoms with Gasteiger partial charge in [-0.25, -0.2) is 0 Å². The molecule has 4 aromatic rings. The predicted octanol–water partition coefficient (Wildman–Crippen LogP) is 4.86. The standard InChI is InChI=1S/C18H14O4/c1-19-13-3-5-15-11(7-13)9-17(21-15)18-10-12-8-14(20-2)4-6-16(12)22-18/h3-10H,1-2H3. The average Bonchev–Trinajstić information content (AvgIpc) is 3.16.